The Bertz CT molecular complexity index is 796. The van der Waals surface area contributed by atoms with Crippen LogP contribution < -0.4 is 20.1 Å². The van der Waals surface area contributed by atoms with Crippen LogP contribution in [-0.4, -0.2) is 31.8 Å². The number of hydrogen-bond donors (Lipinski definition) is 3. The second-order valence-electron chi connectivity index (χ2n) is 5.96. The summed E-state index contributed by atoms with van der Waals surface area (Å²) in [5.41, 5.74) is 1.62. The van der Waals surface area contributed by atoms with E-state index in [1.807, 2.05) is 26.0 Å². The molecule has 2 aromatic rings. The number of benzene rings is 2. The first-order valence-electron chi connectivity index (χ1n) is 8.72. The second kappa shape index (κ2) is 9.66. The van der Waals surface area contributed by atoms with E-state index in [1.54, 1.807) is 18.2 Å². The number of phenolic OH excluding ortho intramolecular Hbond substituents is 1. The molecule has 0 radical (unpaired) electrons. The fraction of sp³-hybridized carbons (Fsp3) is 0.350. The standard InChI is InChI=1S/C20H26FN3O3/c1-5-22-20(23-12-14-6-8-19(27-4)17(25)10-14)24-13(2)15-7-9-18(26-3)16(21)11-15/h6-11,13,25H,5,12H2,1-4H3,(H2,22,23,24). The fourth-order valence-electron chi connectivity index (χ4n) is 2.56. The number of halogens is 1. The van der Waals surface area contributed by atoms with Crippen molar-refractivity contribution in [2.24, 2.45) is 4.99 Å². The van der Waals surface area contributed by atoms with E-state index in [9.17, 15) is 9.50 Å². The van der Waals surface area contributed by atoms with Crippen LogP contribution in [0.1, 0.15) is 31.0 Å². The summed E-state index contributed by atoms with van der Waals surface area (Å²) in [6.45, 7) is 4.95. The molecule has 0 aromatic heterocycles. The van der Waals surface area contributed by atoms with E-state index < -0.39 is 5.82 Å². The van der Waals surface area contributed by atoms with Crippen molar-refractivity contribution in [3.63, 3.8) is 0 Å². The average molecular weight is 375 g/mol. The van der Waals surface area contributed by atoms with Crippen molar-refractivity contribution < 1.29 is 19.0 Å². The lowest BCUT2D eigenvalue weighted by Gasteiger charge is -2.19. The van der Waals surface area contributed by atoms with Gasteiger partial charge < -0.3 is 25.2 Å². The highest BCUT2D eigenvalue weighted by Gasteiger charge is 2.11. The summed E-state index contributed by atoms with van der Waals surface area (Å²) in [5, 5.41) is 16.3. The number of phenols is 1. The zero-order valence-electron chi connectivity index (χ0n) is 16.0. The first kappa shape index (κ1) is 20.4. The third-order valence-corrected chi connectivity index (χ3v) is 4.04. The molecule has 1 unspecified atom stereocenters. The minimum absolute atomic E-state index is 0.0743. The SMILES string of the molecule is CCNC(=NCc1ccc(OC)c(O)c1)NC(C)c1ccc(OC)c(F)c1. The van der Waals surface area contributed by atoms with Gasteiger partial charge in [0.05, 0.1) is 26.8 Å². The Morgan fingerprint density at radius 2 is 1.85 bits per heavy atom. The van der Waals surface area contributed by atoms with Crippen molar-refractivity contribution in [3.05, 3.63) is 53.3 Å². The number of aromatic hydroxyl groups is 1. The normalized spacial score (nSPS) is 12.4. The molecule has 0 aliphatic heterocycles. The Morgan fingerprint density at radius 1 is 1.15 bits per heavy atom. The maximum absolute atomic E-state index is 13.9. The Balaban J connectivity index is 2.10. The molecule has 0 amide bonds. The third kappa shape index (κ3) is 5.51. The summed E-state index contributed by atoms with van der Waals surface area (Å²) in [7, 11) is 2.94. The van der Waals surface area contributed by atoms with E-state index in [4.69, 9.17) is 9.47 Å². The molecule has 1 atom stereocenters. The predicted octanol–water partition coefficient (Wildman–Crippen LogP) is 3.36. The van der Waals surface area contributed by atoms with Gasteiger partial charge in [0.1, 0.15) is 0 Å². The summed E-state index contributed by atoms with van der Waals surface area (Å²) >= 11 is 0. The maximum atomic E-state index is 13.9. The lowest BCUT2D eigenvalue weighted by molar-refractivity contribution is 0.373. The van der Waals surface area contributed by atoms with Gasteiger partial charge in [-0.05, 0) is 49.2 Å². The molecule has 7 heteroatoms. The zero-order chi connectivity index (χ0) is 19.8. The molecule has 0 saturated carbocycles. The quantitative estimate of drug-likeness (QED) is 0.511. The van der Waals surface area contributed by atoms with Gasteiger partial charge in [0.2, 0.25) is 0 Å². The first-order valence-corrected chi connectivity index (χ1v) is 8.72. The van der Waals surface area contributed by atoms with Crippen LogP contribution in [0, 0.1) is 5.82 Å². The number of guanidine groups is 1. The third-order valence-electron chi connectivity index (χ3n) is 4.04. The van der Waals surface area contributed by atoms with E-state index >= 15 is 0 Å². The highest BCUT2D eigenvalue weighted by atomic mass is 19.1. The van der Waals surface area contributed by atoms with Crippen LogP contribution in [-0.2, 0) is 6.54 Å². The molecule has 3 N–H and O–H groups in total. The summed E-state index contributed by atoms with van der Waals surface area (Å²) in [5.74, 6) is 0.898. The van der Waals surface area contributed by atoms with Gasteiger partial charge in [-0.15, -0.1) is 0 Å². The lowest BCUT2D eigenvalue weighted by Crippen LogP contribution is -2.38. The van der Waals surface area contributed by atoms with E-state index in [1.165, 1.54) is 20.3 Å². The van der Waals surface area contributed by atoms with E-state index in [2.05, 4.69) is 15.6 Å². The van der Waals surface area contributed by atoms with Crippen LogP contribution in [0.5, 0.6) is 17.2 Å². The topological polar surface area (TPSA) is 75.1 Å². The highest BCUT2D eigenvalue weighted by Crippen LogP contribution is 2.26. The predicted molar refractivity (Wildman–Crippen MR) is 104 cm³/mol. The number of rotatable bonds is 7. The van der Waals surface area contributed by atoms with Gasteiger partial charge in [0.15, 0.2) is 29.0 Å². The molecule has 0 bridgehead atoms. The van der Waals surface area contributed by atoms with E-state index in [-0.39, 0.29) is 17.5 Å². The van der Waals surface area contributed by atoms with Gasteiger partial charge in [0, 0.05) is 6.54 Å². The molecule has 2 rings (SSSR count). The molecule has 2 aromatic carbocycles. The van der Waals surface area contributed by atoms with Crippen LogP contribution in [0.25, 0.3) is 0 Å². The van der Waals surface area contributed by atoms with Gasteiger partial charge >= 0.3 is 0 Å². The highest BCUT2D eigenvalue weighted by molar-refractivity contribution is 5.80. The fourth-order valence-corrected chi connectivity index (χ4v) is 2.56. The maximum Gasteiger partial charge on any atom is 0.192 e. The Hall–Kier alpha value is -2.96. The number of nitrogens with zero attached hydrogens (tertiary/aromatic N) is 1. The van der Waals surface area contributed by atoms with Crippen molar-refractivity contribution >= 4 is 5.96 Å². The van der Waals surface area contributed by atoms with Gasteiger partial charge in [-0.1, -0.05) is 12.1 Å². The molecule has 6 nitrogen and oxygen atoms in total. The number of ether oxygens (including phenoxy) is 2. The monoisotopic (exact) mass is 375 g/mol. The molecule has 0 saturated heterocycles. The van der Waals surface area contributed by atoms with Crippen LogP contribution in [0.4, 0.5) is 4.39 Å². The van der Waals surface area contributed by atoms with Gasteiger partial charge in [0.25, 0.3) is 0 Å². The summed E-state index contributed by atoms with van der Waals surface area (Å²) in [6, 6.07) is 9.86. The molecule has 0 spiro atoms. The van der Waals surface area contributed by atoms with Crippen LogP contribution in [0.15, 0.2) is 41.4 Å². The van der Waals surface area contributed by atoms with E-state index in [0.717, 1.165) is 11.1 Å². The van der Waals surface area contributed by atoms with Crippen molar-refractivity contribution in [3.8, 4) is 17.2 Å². The molecule has 0 aliphatic carbocycles. The number of hydrogen-bond acceptors (Lipinski definition) is 4. The van der Waals surface area contributed by atoms with E-state index in [0.29, 0.717) is 24.8 Å². The van der Waals surface area contributed by atoms with Crippen molar-refractivity contribution in [1.29, 1.82) is 0 Å². The molecule has 27 heavy (non-hydrogen) atoms. The van der Waals surface area contributed by atoms with Crippen LogP contribution in [0.3, 0.4) is 0 Å². The average Bonchev–Trinajstić information content (AvgIpc) is 2.66. The van der Waals surface area contributed by atoms with Crippen molar-refractivity contribution in [2.75, 3.05) is 20.8 Å². The van der Waals surface area contributed by atoms with Gasteiger partial charge in [-0.2, -0.15) is 0 Å². The smallest absolute Gasteiger partial charge is 0.192 e. The largest absolute Gasteiger partial charge is 0.504 e. The summed E-state index contributed by atoms with van der Waals surface area (Å²) in [4.78, 5) is 4.53. The Labute approximate surface area is 159 Å². The van der Waals surface area contributed by atoms with Crippen LogP contribution >= 0.6 is 0 Å². The molecule has 0 aliphatic rings. The number of nitrogens with one attached hydrogen (secondary N) is 2. The summed E-state index contributed by atoms with van der Waals surface area (Å²) < 4.78 is 23.9. The second-order valence-corrected chi connectivity index (χ2v) is 5.96. The Kier molecular flexibility index (Phi) is 7.28. The minimum Gasteiger partial charge on any atom is -0.504 e. The molecule has 146 valence electrons. The zero-order valence-corrected chi connectivity index (χ0v) is 16.0. The number of aliphatic imine (C=N–C) groups is 1. The Morgan fingerprint density at radius 3 is 2.44 bits per heavy atom. The first-order chi connectivity index (χ1) is 13.0. The van der Waals surface area contributed by atoms with Gasteiger partial charge in [-0.25, -0.2) is 9.38 Å². The molecule has 0 heterocycles. The summed E-state index contributed by atoms with van der Waals surface area (Å²) in [6.07, 6.45) is 0. The number of methoxy groups -OCH3 is 2. The molecule has 0 fully saturated rings. The molecular weight excluding hydrogens is 349 g/mol. The van der Waals surface area contributed by atoms with Crippen molar-refractivity contribution in [1.82, 2.24) is 10.6 Å². The molecular formula is C20H26FN3O3. The van der Waals surface area contributed by atoms with Crippen LogP contribution in [0.2, 0.25) is 0 Å². The van der Waals surface area contributed by atoms with Gasteiger partial charge in [-0.3, -0.25) is 0 Å². The lowest BCUT2D eigenvalue weighted by atomic mass is 10.1. The minimum atomic E-state index is -0.403. The van der Waals surface area contributed by atoms with Crippen molar-refractivity contribution in [2.45, 2.75) is 26.4 Å².